The average molecular weight is 283 g/mol. The number of carboxylic acids is 1. The molecule has 10 heteroatoms. The minimum atomic E-state index is -1.10. The van der Waals surface area contributed by atoms with Gasteiger partial charge < -0.3 is 20.5 Å². The summed E-state index contributed by atoms with van der Waals surface area (Å²) in [5.41, 5.74) is -0.0405. The molecule has 0 aromatic carbocycles. The van der Waals surface area contributed by atoms with Gasteiger partial charge in [-0.15, -0.1) is 11.3 Å². The van der Waals surface area contributed by atoms with Crippen molar-refractivity contribution >= 4 is 28.9 Å². The second kappa shape index (κ2) is 5.02. The summed E-state index contributed by atoms with van der Waals surface area (Å²) in [6.07, 6.45) is 1.32. The third kappa shape index (κ3) is 2.68. The van der Waals surface area contributed by atoms with Crippen LogP contribution in [0.4, 0.5) is 11.6 Å². The molecular formula is C9H9N5O4S. The molecule has 2 aromatic heterocycles. The number of carboxylic acid groups (broad SMARTS) is 1. The first-order valence-electron chi connectivity index (χ1n) is 5.06. The third-order valence-electron chi connectivity index (χ3n) is 2.27. The van der Waals surface area contributed by atoms with Gasteiger partial charge in [0.25, 0.3) is 0 Å². The zero-order valence-electron chi connectivity index (χ0n) is 9.73. The largest absolute Gasteiger partial charge is 0.476 e. The van der Waals surface area contributed by atoms with Crippen LogP contribution in [-0.2, 0) is 13.6 Å². The maximum Gasteiger partial charge on any atom is 0.406 e. The summed E-state index contributed by atoms with van der Waals surface area (Å²) < 4.78 is 1.48. The van der Waals surface area contributed by atoms with E-state index < -0.39 is 10.9 Å². The monoisotopic (exact) mass is 283 g/mol. The fourth-order valence-corrected chi connectivity index (χ4v) is 2.11. The number of imidazole rings is 1. The summed E-state index contributed by atoms with van der Waals surface area (Å²) in [6.45, 7) is 0.193. The number of aromatic carboxylic acids is 1. The van der Waals surface area contributed by atoms with Gasteiger partial charge in [0.15, 0.2) is 5.69 Å². The van der Waals surface area contributed by atoms with Crippen LogP contribution in [0.15, 0.2) is 11.7 Å². The van der Waals surface area contributed by atoms with E-state index in [0.29, 0.717) is 5.01 Å². The Morgan fingerprint density at radius 3 is 3.00 bits per heavy atom. The Morgan fingerprint density at radius 1 is 1.68 bits per heavy atom. The minimum Gasteiger partial charge on any atom is -0.476 e. The van der Waals surface area contributed by atoms with Gasteiger partial charge >= 0.3 is 11.8 Å². The molecule has 100 valence electrons. The van der Waals surface area contributed by atoms with Gasteiger partial charge in [0.05, 0.1) is 6.54 Å². The predicted molar refractivity (Wildman–Crippen MR) is 66.3 cm³/mol. The van der Waals surface area contributed by atoms with Crippen molar-refractivity contribution < 1.29 is 14.8 Å². The summed E-state index contributed by atoms with van der Waals surface area (Å²) in [4.78, 5) is 28.3. The molecule has 0 atom stereocenters. The van der Waals surface area contributed by atoms with E-state index in [9.17, 15) is 14.9 Å². The zero-order chi connectivity index (χ0) is 14.0. The number of hydrogen-bond acceptors (Lipinski definition) is 7. The Balaban J connectivity index is 2.12. The molecule has 19 heavy (non-hydrogen) atoms. The summed E-state index contributed by atoms with van der Waals surface area (Å²) in [5.74, 6) is -1.14. The normalized spacial score (nSPS) is 10.4. The van der Waals surface area contributed by atoms with Gasteiger partial charge in [-0.1, -0.05) is 0 Å². The molecule has 2 aromatic rings. The van der Waals surface area contributed by atoms with Crippen LogP contribution < -0.4 is 5.32 Å². The van der Waals surface area contributed by atoms with E-state index in [-0.39, 0.29) is 23.9 Å². The Kier molecular flexibility index (Phi) is 3.42. The molecule has 0 fully saturated rings. The number of carbonyl (C=O) groups is 1. The number of anilines is 1. The quantitative estimate of drug-likeness (QED) is 0.621. The van der Waals surface area contributed by atoms with Crippen LogP contribution >= 0.6 is 11.3 Å². The molecule has 0 radical (unpaired) electrons. The highest BCUT2D eigenvalue weighted by Crippen LogP contribution is 2.22. The van der Waals surface area contributed by atoms with E-state index in [2.05, 4.69) is 15.3 Å². The lowest BCUT2D eigenvalue weighted by Gasteiger charge is -2.03. The maximum absolute atomic E-state index is 10.7. The molecule has 2 heterocycles. The molecule has 0 saturated heterocycles. The van der Waals surface area contributed by atoms with E-state index in [1.807, 2.05) is 0 Å². The van der Waals surface area contributed by atoms with E-state index in [0.717, 1.165) is 0 Å². The number of rotatable bonds is 5. The van der Waals surface area contributed by atoms with Crippen LogP contribution in [0.25, 0.3) is 0 Å². The summed E-state index contributed by atoms with van der Waals surface area (Å²) >= 11 is 1.17. The van der Waals surface area contributed by atoms with Crippen molar-refractivity contribution in [3.8, 4) is 0 Å². The molecule has 2 N–H and O–H groups in total. The molecule has 2 rings (SSSR count). The molecule has 0 unspecified atom stereocenters. The van der Waals surface area contributed by atoms with Gasteiger partial charge in [-0.3, -0.25) is 4.57 Å². The lowest BCUT2D eigenvalue weighted by molar-refractivity contribution is -0.388. The van der Waals surface area contributed by atoms with Gasteiger partial charge in [-0.05, 0) is 9.91 Å². The van der Waals surface area contributed by atoms with Crippen LogP contribution in [0, 0.1) is 10.1 Å². The lowest BCUT2D eigenvalue weighted by Crippen LogP contribution is -2.06. The molecule has 0 bridgehead atoms. The Hall–Kier alpha value is -2.49. The molecule has 9 nitrogen and oxygen atoms in total. The maximum atomic E-state index is 10.7. The highest BCUT2D eigenvalue weighted by Gasteiger charge is 2.20. The Bertz CT molecular complexity index is 634. The number of aromatic nitrogens is 3. The summed E-state index contributed by atoms with van der Waals surface area (Å²) in [6, 6.07) is 0. The standard InChI is InChI=1S/C9H9N5O4S/c1-13-4-11-8(14(17)18)7(13)10-2-6-12-5(3-19-6)9(15)16/h3-4,10H,2H2,1H3,(H,15,16). The van der Waals surface area contributed by atoms with Crippen LogP contribution in [0.3, 0.4) is 0 Å². The first-order chi connectivity index (χ1) is 8.99. The highest BCUT2D eigenvalue weighted by molar-refractivity contribution is 7.09. The first-order valence-corrected chi connectivity index (χ1v) is 5.94. The number of nitrogens with zero attached hydrogens (tertiary/aromatic N) is 4. The molecule has 0 spiro atoms. The van der Waals surface area contributed by atoms with E-state index in [1.54, 1.807) is 7.05 Å². The summed E-state index contributed by atoms with van der Waals surface area (Å²) in [5, 5.41) is 24.2. The average Bonchev–Trinajstić information content (AvgIpc) is 2.93. The second-order valence-electron chi connectivity index (χ2n) is 3.57. The lowest BCUT2D eigenvalue weighted by atomic mass is 10.5. The predicted octanol–water partition coefficient (Wildman–Crippen LogP) is 1.10. The minimum absolute atomic E-state index is 0.0405. The van der Waals surface area contributed by atoms with Crippen LogP contribution in [0.2, 0.25) is 0 Å². The van der Waals surface area contributed by atoms with E-state index in [1.165, 1.54) is 27.6 Å². The van der Waals surface area contributed by atoms with Crippen molar-refractivity contribution in [2.24, 2.45) is 7.05 Å². The molecular weight excluding hydrogens is 274 g/mol. The van der Waals surface area contributed by atoms with Crippen LogP contribution in [0.1, 0.15) is 15.5 Å². The Morgan fingerprint density at radius 2 is 2.42 bits per heavy atom. The van der Waals surface area contributed by atoms with Crippen molar-refractivity contribution in [1.29, 1.82) is 0 Å². The van der Waals surface area contributed by atoms with Crippen LogP contribution in [0.5, 0.6) is 0 Å². The number of aryl methyl sites for hydroxylation is 1. The fourth-order valence-electron chi connectivity index (χ4n) is 1.40. The summed E-state index contributed by atoms with van der Waals surface area (Å²) in [7, 11) is 1.62. The molecule has 0 aliphatic heterocycles. The van der Waals surface area contributed by atoms with E-state index >= 15 is 0 Å². The van der Waals surface area contributed by atoms with Crippen molar-refractivity contribution in [3.05, 3.63) is 32.5 Å². The van der Waals surface area contributed by atoms with Crippen molar-refractivity contribution in [2.45, 2.75) is 6.54 Å². The molecule has 0 amide bonds. The first kappa shape index (κ1) is 13.0. The number of nitrogens with one attached hydrogen (secondary N) is 1. The SMILES string of the molecule is Cn1cnc([N+](=O)[O-])c1NCc1nc(C(=O)O)cs1. The van der Waals surface area contributed by atoms with E-state index in [4.69, 9.17) is 5.11 Å². The molecule has 0 aliphatic rings. The highest BCUT2D eigenvalue weighted by atomic mass is 32.1. The molecule has 0 saturated carbocycles. The Labute approximate surface area is 110 Å². The van der Waals surface area contributed by atoms with Gasteiger partial charge in [-0.25, -0.2) is 9.78 Å². The van der Waals surface area contributed by atoms with Crippen molar-refractivity contribution in [2.75, 3.05) is 5.32 Å². The number of nitro groups is 1. The van der Waals surface area contributed by atoms with Gasteiger partial charge in [0.1, 0.15) is 5.01 Å². The third-order valence-corrected chi connectivity index (χ3v) is 3.12. The number of thiazole rings is 1. The van der Waals surface area contributed by atoms with Gasteiger partial charge in [-0.2, -0.15) is 0 Å². The number of hydrogen-bond donors (Lipinski definition) is 2. The van der Waals surface area contributed by atoms with Crippen molar-refractivity contribution in [1.82, 2.24) is 14.5 Å². The van der Waals surface area contributed by atoms with Crippen molar-refractivity contribution in [3.63, 3.8) is 0 Å². The zero-order valence-corrected chi connectivity index (χ0v) is 10.5. The van der Waals surface area contributed by atoms with Gasteiger partial charge in [0.2, 0.25) is 12.1 Å². The topological polar surface area (TPSA) is 123 Å². The molecule has 0 aliphatic carbocycles. The fraction of sp³-hybridized carbons (Fsp3) is 0.222. The smallest absolute Gasteiger partial charge is 0.406 e. The second-order valence-corrected chi connectivity index (χ2v) is 4.51. The van der Waals surface area contributed by atoms with Crippen LogP contribution in [-0.4, -0.2) is 30.5 Å². The van der Waals surface area contributed by atoms with Gasteiger partial charge in [0, 0.05) is 12.4 Å².